The van der Waals surface area contributed by atoms with Crippen LogP contribution in [0.25, 0.3) is 0 Å². The molecule has 7 heteroatoms. The van der Waals surface area contributed by atoms with Crippen LogP contribution in [-0.4, -0.2) is 46.9 Å². The van der Waals surface area contributed by atoms with Gasteiger partial charge in [0.05, 0.1) is 6.61 Å². The third kappa shape index (κ3) is 3.77. The lowest BCUT2D eigenvalue weighted by Crippen LogP contribution is -2.40. The van der Waals surface area contributed by atoms with Crippen LogP contribution in [0.15, 0.2) is 0 Å². The lowest BCUT2D eigenvalue weighted by Gasteiger charge is -2.34. The minimum absolute atomic E-state index is 0.144. The monoisotopic (exact) mass is 328 g/mol. The highest BCUT2D eigenvalue weighted by Crippen LogP contribution is 2.33. The predicted molar refractivity (Wildman–Crippen MR) is 86.8 cm³/mol. The van der Waals surface area contributed by atoms with E-state index >= 15 is 0 Å². The highest BCUT2D eigenvalue weighted by Gasteiger charge is 2.28. The molecule has 2 atom stereocenters. The van der Waals surface area contributed by atoms with E-state index in [4.69, 9.17) is 4.74 Å². The van der Waals surface area contributed by atoms with Crippen molar-refractivity contribution in [2.75, 3.05) is 24.6 Å². The van der Waals surface area contributed by atoms with Gasteiger partial charge in [-0.2, -0.15) is 11.8 Å². The molecule has 0 aliphatic carbocycles. The van der Waals surface area contributed by atoms with Crippen LogP contribution in [-0.2, 0) is 4.74 Å². The van der Waals surface area contributed by atoms with Crippen molar-refractivity contribution >= 4 is 40.0 Å². The van der Waals surface area contributed by atoms with Gasteiger partial charge in [-0.25, -0.2) is 9.78 Å². The van der Waals surface area contributed by atoms with Crippen molar-refractivity contribution in [2.45, 2.75) is 38.2 Å². The Morgan fingerprint density at radius 1 is 1.33 bits per heavy atom. The fourth-order valence-electron chi connectivity index (χ4n) is 2.35. The molecule has 0 amide bonds. The molecule has 21 heavy (non-hydrogen) atoms. The van der Waals surface area contributed by atoms with E-state index in [1.165, 1.54) is 18.3 Å². The first kappa shape index (κ1) is 16.3. The molecule has 0 saturated carbocycles. The summed E-state index contributed by atoms with van der Waals surface area (Å²) < 4.78 is 4.99. The maximum absolute atomic E-state index is 11.9. The molecule has 0 aromatic carbocycles. The van der Waals surface area contributed by atoms with E-state index in [1.807, 2.05) is 11.8 Å². The molecular formula is C14H20N2O3S2. The van der Waals surface area contributed by atoms with Crippen LogP contribution in [0.1, 0.15) is 47.9 Å². The Morgan fingerprint density at radius 2 is 1.95 bits per heavy atom. The Balaban J connectivity index is 2.30. The number of esters is 1. The molecule has 5 nitrogen and oxygen atoms in total. The maximum Gasteiger partial charge on any atom is 0.358 e. The van der Waals surface area contributed by atoms with Crippen LogP contribution in [0.4, 0.5) is 5.13 Å². The Kier molecular flexibility index (Phi) is 5.27. The highest BCUT2D eigenvalue weighted by molar-refractivity contribution is 8.00. The summed E-state index contributed by atoms with van der Waals surface area (Å²) >= 11 is 3.24. The predicted octanol–water partition coefficient (Wildman–Crippen LogP) is 2.85. The number of ketones is 1. The van der Waals surface area contributed by atoms with Gasteiger partial charge in [-0.3, -0.25) is 4.79 Å². The summed E-state index contributed by atoms with van der Waals surface area (Å²) in [6.45, 7) is 9.58. The first-order valence-electron chi connectivity index (χ1n) is 7.01. The van der Waals surface area contributed by atoms with E-state index in [2.05, 4.69) is 23.7 Å². The number of nitrogens with zero attached hydrogens (tertiary/aromatic N) is 2. The van der Waals surface area contributed by atoms with Gasteiger partial charge in [-0.1, -0.05) is 25.2 Å². The number of aromatic nitrogens is 1. The molecule has 1 aliphatic rings. The molecule has 1 aromatic rings. The summed E-state index contributed by atoms with van der Waals surface area (Å²) in [5, 5.41) is 1.75. The molecule has 1 aromatic heterocycles. The number of rotatable bonds is 4. The normalized spacial score (nSPS) is 22.2. The van der Waals surface area contributed by atoms with Crippen LogP contribution in [0, 0.1) is 0 Å². The summed E-state index contributed by atoms with van der Waals surface area (Å²) in [6.07, 6.45) is 0. The topological polar surface area (TPSA) is 59.5 Å². The summed E-state index contributed by atoms with van der Waals surface area (Å²) in [6, 6.07) is 0. The number of ether oxygens (including phenoxy) is 1. The minimum Gasteiger partial charge on any atom is -0.461 e. The van der Waals surface area contributed by atoms with Crippen molar-refractivity contribution in [3.63, 3.8) is 0 Å². The van der Waals surface area contributed by atoms with Gasteiger partial charge in [0.2, 0.25) is 0 Å². The summed E-state index contributed by atoms with van der Waals surface area (Å²) in [5.74, 6) is -0.660. The van der Waals surface area contributed by atoms with Gasteiger partial charge in [0.15, 0.2) is 16.6 Å². The van der Waals surface area contributed by atoms with Gasteiger partial charge in [0.25, 0.3) is 0 Å². The van der Waals surface area contributed by atoms with Gasteiger partial charge in [-0.05, 0) is 6.92 Å². The molecule has 2 unspecified atom stereocenters. The van der Waals surface area contributed by atoms with Gasteiger partial charge in [-0.15, -0.1) is 0 Å². The van der Waals surface area contributed by atoms with Crippen molar-refractivity contribution in [1.29, 1.82) is 0 Å². The van der Waals surface area contributed by atoms with E-state index in [0.717, 1.165) is 18.2 Å². The minimum atomic E-state index is -0.516. The Morgan fingerprint density at radius 3 is 2.48 bits per heavy atom. The zero-order valence-electron chi connectivity index (χ0n) is 12.7. The fourth-order valence-corrected chi connectivity index (χ4v) is 4.65. The van der Waals surface area contributed by atoms with Crippen LogP contribution >= 0.6 is 23.1 Å². The number of carbonyl (C=O) groups excluding carboxylic acids is 2. The SMILES string of the molecule is CCOC(=O)c1nc(N2CC(C)SC(C)C2)sc1C(C)=O. The smallest absolute Gasteiger partial charge is 0.358 e. The molecule has 2 rings (SSSR count). The van der Waals surface area contributed by atoms with Crippen molar-refractivity contribution in [2.24, 2.45) is 0 Å². The Labute approximate surface area is 133 Å². The van der Waals surface area contributed by atoms with Gasteiger partial charge in [0.1, 0.15) is 4.88 Å². The third-order valence-electron chi connectivity index (χ3n) is 3.09. The van der Waals surface area contributed by atoms with E-state index < -0.39 is 5.97 Å². The second kappa shape index (κ2) is 6.79. The Bertz CT molecular complexity index is 534. The second-order valence-corrected chi connectivity index (χ2v) is 7.97. The lowest BCUT2D eigenvalue weighted by molar-refractivity contribution is 0.0517. The molecule has 2 heterocycles. The molecule has 0 N–H and O–H groups in total. The highest BCUT2D eigenvalue weighted by atomic mass is 32.2. The van der Waals surface area contributed by atoms with Crippen molar-refractivity contribution in [1.82, 2.24) is 4.98 Å². The summed E-state index contributed by atoms with van der Waals surface area (Å²) in [4.78, 5) is 30.6. The molecule has 0 spiro atoms. The average molecular weight is 328 g/mol. The van der Waals surface area contributed by atoms with E-state index in [1.54, 1.807) is 6.92 Å². The molecule has 1 saturated heterocycles. The van der Waals surface area contributed by atoms with Gasteiger partial charge in [0, 0.05) is 30.5 Å². The quantitative estimate of drug-likeness (QED) is 0.626. The van der Waals surface area contributed by atoms with Crippen LogP contribution < -0.4 is 4.90 Å². The maximum atomic E-state index is 11.9. The fraction of sp³-hybridized carbons (Fsp3) is 0.643. The first-order valence-corrected chi connectivity index (χ1v) is 8.77. The van der Waals surface area contributed by atoms with E-state index in [-0.39, 0.29) is 18.1 Å². The number of anilines is 1. The number of carbonyl (C=O) groups is 2. The molecule has 1 aliphatic heterocycles. The van der Waals surface area contributed by atoms with Gasteiger partial charge >= 0.3 is 5.97 Å². The lowest BCUT2D eigenvalue weighted by atomic mass is 10.3. The number of hydrogen-bond donors (Lipinski definition) is 0. The molecule has 0 radical (unpaired) electrons. The average Bonchev–Trinajstić information content (AvgIpc) is 2.83. The van der Waals surface area contributed by atoms with Crippen LogP contribution in [0.3, 0.4) is 0 Å². The molecule has 1 fully saturated rings. The molecule has 116 valence electrons. The molecule has 0 bridgehead atoms. The molecular weight excluding hydrogens is 308 g/mol. The number of Topliss-reactive ketones (excluding diaryl/α,β-unsaturated/α-hetero) is 1. The van der Waals surface area contributed by atoms with Gasteiger partial charge < -0.3 is 9.64 Å². The third-order valence-corrected chi connectivity index (χ3v) is 5.54. The zero-order chi connectivity index (χ0) is 15.6. The van der Waals surface area contributed by atoms with Crippen LogP contribution in [0.2, 0.25) is 0 Å². The number of thiazole rings is 1. The van der Waals surface area contributed by atoms with E-state index in [0.29, 0.717) is 15.4 Å². The summed E-state index contributed by atoms with van der Waals surface area (Å²) in [5.41, 5.74) is 0.155. The first-order chi connectivity index (χ1) is 9.92. The summed E-state index contributed by atoms with van der Waals surface area (Å²) in [7, 11) is 0. The number of thioether (sulfide) groups is 1. The van der Waals surface area contributed by atoms with Crippen molar-refractivity contribution < 1.29 is 14.3 Å². The van der Waals surface area contributed by atoms with Crippen molar-refractivity contribution in [3.05, 3.63) is 10.6 Å². The number of hydrogen-bond acceptors (Lipinski definition) is 7. The Hall–Kier alpha value is -1.08. The van der Waals surface area contributed by atoms with Crippen LogP contribution in [0.5, 0.6) is 0 Å². The zero-order valence-corrected chi connectivity index (χ0v) is 14.3. The standard InChI is InChI=1S/C14H20N2O3S2/c1-5-19-13(18)11-12(10(4)17)21-14(15-11)16-6-8(2)20-9(3)7-16/h8-9H,5-7H2,1-4H3. The largest absolute Gasteiger partial charge is 0.461 e. The van der Waals surface area contributed by atoms with E-state index in [9.17, 15) is 9.59 Å². The van der Waals surface area contributed by atoms with Crippen molar-refractivity contribution in [3.8, 4) is 0 Å². The second-order valence-electron chi connectivity index (χ2n) is 5.11.